The van der Waals surface area contributed by atoms with E-state index in [1.54, 1.807) is 31.2 Å². The van der Waals surface area contributed by atoms with Gasteiger partial charge in [0.1, 0.15) is 0 Å². The summed E-state index contributed by atoms with van der Waals surface area (Å²) in [5.74, 6) is 0.0295. The molecule has 1 saturated carbocycles. The van der Waals surface area contributed by atoms with Crippen LogP contribution < -0.4 is 19.5 Å². The molecule has 0 spiro atoms. The van der Waals surface area contributed by atoms with Gasteiger partial charge in [0, 0.05) is 10.4 Å². The number of methoxy groups -OCH3 is 3. The van der Waals surface area contributed by atoms with Gasteiger partial charge in [0.15, 0.2) is 16.9 Å². The van der Waals surface area contributed by atoms with Crippen LogP contribution in [0.1, 0.15) is 24.8 Å². The third-order valence-electron chi connectivity index (χ3n) is 5.22. The van der Waals surface area contributed by atoms with Crippen LogP contribution in [0.15, 0.2) is 40.9 Å². The topological polar surface area (TPSA) is 83.1 Å². The van der Waals surface area contributed by atoms with Crippen LogP contribution in [0.5, 0.6) is 17.2 Å². The number of hydrogen-bond acceptors (Lipinski definition) is 6. The Morgan fingerprint density at radius 1 is 1.10 bits per heavy atom. The summed E-state index contributed by atoms with van der Waals surface area (Å²) in [6, 6.07) is 10.8. The van der Waals surface area contributed by atoms with E-state index in [2.05, 4.69) is 21.2 Å². The van der Waals surface area contributed by atoms with Gasteiger partial charge in [0.25, 0.3) is 0 Å². The maximum Gasteiger partial charge on any atom is 0.322 e. The highest BCUT2D eigenvalue weighted by molar-refractivity contribution is 9.10. The molecule has 1 N–H and O–H groups in total. The Labute approximate surface area is 183 Å². The van der Waals surface area contributed by atoms with Crippen molar-refractivity contribution in [3.8, 4) is 17.2 Å². The lowest BCUT2D eigenvalue weighted by Gasteiger charge is -2.18. The van der Waals surface area contributed by atoms with Crippen LogP contribution in [0.2, 0.25) is 0 Å². The summed E-state index contributed by atoms with van der Waals surface area (Å²) in [6.07, 6.45) is 0.320. The van der Waals surface area contributed by atoms with Crippen LogP contribution in [0.25, 0.3) is 0 Å². The molecule has 1 aliphatic rings. The molecule has 160 valence electrons. The SMILES string of the molecule is CCOC(=O)C1(C(=O)Nc2ccccc2Br)CC1c1cc(OC)c(OC)c(OC)c1. The second-order valence-electron chi connectivity index (χ2n) is 6.84. The van der Waals surface area contributed by atoms with Crippen LogP contribution in [0, 0.1) is 5.41 Å². The summed E-state index contributed by atoms with van der Waals surface area (Å²) in [6.45, 7) is 1.90. The van der Waals surface area contributed by atoms with E-state index in [4.69, 9.17) is 18.9 Å². The zero-order valence-corrected chi connectivity index (χ0v) is 18.9. The lowest BCUT2D eigenvalue weighted by atomic mass is 9.97. The highest BCUT2D eigenvalue weighted by Gasteiger charge is 2.67. The van der Waals surface area contributed by atoms with Gasteiger partial charge in [-0.2, -0.15) is 0 Å². The second-order valence-corrected chi connectivity index (χ2v) is 7.70. The Morgan fingerprint density at radius 3 is 2.27 bits per heavy atom. The van der Waals surface area contributed by atoms with Gasteiger partial charge in [-0.1, -0.05) is 12.1 Å². The highest BCUT2D eigenvalue weighted by Crippen LogP contribution is 2.62. The Balaban J connectivity index is 1.99. The summed E-state index contributed by atoms with van der Waals surface area (Å²) < 4.78 is 22.2. The monoisotopic (exact) mass is 477 g/mol. The standard InChI is InChI=1S/C22H24BrNO6/c1-5-30-21(26)22(20(25)24-16-9-7-6-8-15(16)23)12-14(22)13-10-17(27-2)19(29-4)18(11-13)28-3/h6-11,14H,5,12H2,1-4H3,(H,24,25). The van der Waals surface area contributed by atoms with E-state index < -0.39 is 17.3 Å². The maximum atomic E-state index is 13.3. The van der Waals surface area contributed by atoms with Gasteiger partial charge in [-0.15, -0.1) is 0 Å². The normalized spacial score (nSPS) is 19.6. The van der Waals surface area contributed by atoms with Crippen molar-refractivity contribution < 1.29 is 28.5 Å². The molecule has 0 heterocycles. The Hall–Kier alpha value is -2.74. The third kappa shape index (κ3) is 3.84. The number of esters is 1. The molecule has 0 radical (unpaired) electrons. The van der Waals surface area contributed by atoms with Crippen molar-refractivity contribution in [3.05, 3.63) is 46.4 Å². The molecule has 8 heteroatoms. The molecule has 2 aromatic carbocycles. The molecular formula is C22H24BrNO6. The van der Waals surface area contributed by atoms with Crippen molar-refractivity contribution in [2.75, 3.05) is 33.3 Å². The minimum Gasteiger partial charge on any atom is -0.493 e. The van der Waals surface area contributed by atoms with Gasteiger partial charge in [-0.05, 0) is 59.1 Å². The number of benzene rings is 2. The predicted molar refractivity (Wildman–Crippen MR) is 115 cm³/mol. The molecule has 0 aliphatic heterocycles. The lowest BCUT2D eigenvalue weighted by Crippen LogP contribution is -2.34. The third-order valence-corrected chi connectivity index (χ3v) is 5.91. The Morgan fingerprint density at radius 2 is 1.73 bits per heavy atom. The fraction of sp³-hybridized carbons (Fsp3) is 0.364. The molecule has 2 atom stereocenters. The van der Waals surface area contributed by atoms with E-state index in [0.717, 1.165) is 10.0 Å². The molecule has 2 unspecified atom stereocenters. The van der Waals surface area contributed by atoms with E-state index in [1.807, 2.05) is 12.1 Å². The smallest absolute Gasteiger partial charge is 0.322 e. The van der Waals surface area contributed by atoms with E-state index >= 15 is 0 Å². The van der Waals surface area contributed by atoms with Crippen molar-refractivity contribution in [1.29, 1.82) is 0 Å². The van der Waals surface area contributed by atoms with Crippen molar-refractivity contribution in [3.63, 3.8) is 0 Å². The average molecular weight is 478 g/mol. The molecule has 1 amide bonds. The summed E-state index contributed by atoms with van der Waals surface area (Å²) >= 11 is 3.42. The predicted octanol–water partition coefficient (Wildman–Crippen LogP) is 4.15. The minimum absolute atomic E-state index is 0.185. The fourth-order valence-electron chi connectivity index (χ4n) is 3.59. The minimum atomic E-state index is -1.32. The number of rotatable bonds is 8. The van der Waals surface area contributed by atoms with Gasteiger partial charge in [0.05, 0.1) is 33.6 Å². The maximum absolute atomic E-state index is 13.3. The first-order chi connectivity index (χ1) is 14.4. The zero-order chi connectivity index (χ0) is 21.9. The largest absolute Gasteiger partial charge is 0.493 e. The van der Waals surface area contributed by atoms with Crippen molar-refractivity contribution >= 4 is 33.5 Å². The number of nitrogens with one attached hydrogen (secondary N) is 1. The molecule has 1 aliphatic carbocycles. The van der Waals surface area contributed by atoms with Gasteiger partial charge in [0.2, 0.25) is 11.7 Å². The number of carbonyl (C=O) groups excluding carboxylic acids is 2. The van der Waals surface area contributed by atoms with Crippen LogP contribution in [-0.2, 0) is 14.3 Å². The van der Waals surface area contributed by atoms with Gasteiger partial charge in [-0.3, -0.25) is 9.59 Å². The number of ether oxygens (including phenoxy) is 4. The molecule has 0 bridgehead atoms. The molecule has 0 aromatic heterocycles. The fourth-order valence-corrected chi connectivity index (χ4v) is 3.98. The molecule has 0 saturated heterocycles. The molecule has 30 heavy (non-hydrogen) atoms. The molecule has 7 nitrogen and oxygen atoms in total. The quantitative estimate of drug-likeness (QED) is 0.454. The summed E-state index contributed by atoms with van der Waals surface area (Å²) in [4.78, 5) is 26.1. The zero-order valence-electron chi connectivity index (χ0n) is 17.3. The van der Waals surface area contributed by atoms with Crippen LogP contribution >= 0.6 is 15.9 Å². The number of hydrogen-bond donors (Lipinski definition) is 1. The van der Waals surface area contributed by atoms with Crippen LogP contribution in [-0.4, -0.2) is 39.8 Å². The average Bonchev–Trinajstić information content (AvgIpc) is 3.51. The number of para-hydroxylation sites is 1. The Kier molecular flexibility index (Phi) is 6.55. The van der Waals surface area contributed by atoms with Crippen molar-refractivity contribution in [2.45, 2.75) is 19.3 Å². The van der Waals surface area contributed by atoms with Gasteiger partial charge >= 0.3 is 5.97 Å². The molecule has 3 rings (SSSR count). The van der Waals surface area contributed by atoms with Crippen LogP contribution in [0.4, 0.5) is 5.69 Å². The number of halogens is 1. The van der Waals surface area contributed by atoms with Crippen LogP contribution in [0.3, 0.4) is 0 Å². The van der Waals surface area contributed by atoms with Gasteiger partial charge in [-0.25, -0.2) is 0 Å². The van der Waals surface area contributed by atoms with Crippen molar-refractivity contribution in [1.82, 2.24) is 0 Å². The number of anilines is 1. The molecule has 1 fully saturated rings. The molecule has 2 aromatic rings. The first kappa shape index (κ1) is 22.0. The summed E-state index contributed by atoms with van der Waals surface area (Å²) in [5.41, 5.74) is -0.00263. The first-order valence-corrected chi connectivity index (χ1v) is 10.2. The van der Waals surface area contributed by atoms with Gasteiger partial charge < -0.3 is 24.3 Å². The molecular weight excluding hydrogens is 454 g/mol. The highest BCUT2D eigenvalue weighted by atomic mass is 79.9. The number of amides is 1. The summed E-state index contributed by atoms with van der Waals surface area (Å²) in [5, 5.41) is 2.86. The second kappa shape index (κ2) is 8.95. The van der Waals surface area contributed by atoms with Crippen molar-refractivity contribution in [2.24, 2.45) is 5.41 Å². The lowest BCUT2D eigenvalue weighted by molar-refractivity contribution is -0.153. The first-order valence-electron chi connectivity index (χ1n) is 9.46. The van der Waals surface area contributed by atoms with E-state index in [9.17, 15) is 9.59 Å². The Bertz CT molecular complexity index is 937. The number of carbonyl (C=O) groups is 2. The summed E-state index contributed by atoms with van der Waals surface area (Å²) in [7, 11) is 4.56. The van der Waals surface area contributed by atoms with E-state index in [0.29, 0.717) is 29.4 Å². The van der Waals surface area contributed by atoms with E-state index in [-0.39, 0.29) is 12.5 Å². The van der Waals surface area contributed by atoms with E-state index in [1.165, 1.54) is 21.3 Å².